The van der Waals surface area contributed by atoms with Gasteiger partial charge in [-0.2, -0.15) is 0 Å². The summed E-state index contributed by atoms with van der Waals surface area (Å²) in [5.74, 6) is -0.480. The molecule has 3 heterocycles. The molecule has 6 rings (SSSR count). The van der Waals surface area contributed by atoms with Crippen LogP contribution in [0.25, 0.3) is 26.2 Å². The fourth-order valence-corrected chi connectivity index (χ4v) is 7.47. The Balaban J connectivity index is 1.29. The molecule has 0 aliphatic carbocycles. The number of ether oxygens (including phenoxy) is 3. The van der Waals surface area contributed by atoms with E-state index in [0.717, 1.165) is 24.6 Å². The molecule has 1 aliphatic rings. The Morgan fingerprint density at radius 1 is 1.00 bits per heavy atom. The van der Waals surface area contributed by atoms with Gasteiger partial charge in [0.15, 0.2) is 17.2 Å². The monoisotopic (exact) mass is 671 g/mol. The number of aliphatic imine (C=N–C) groups is 1. The molecule has 200 valence electrons. The number of hydrogen-bond acceptors (Lipinski definition) is 8. The summed E-state index contributed by atoms with van der Waals surface area (Å²) in [6.45, 7) is 2.15. The Morgan fingerprint density at radius 2 is 1.80 bits per heavy atom. The average Bonchev–Trinajstić information content (AvgIpc) is 3.58. The molecular weight excluding hydrogens is 657 g/mol. The van der Waals surface area contributed by atoms with Crippen molar-refractivity contribution < 1.29 is 23.8 Å². The first-order chi connectivity index (χ1) is 19.3. The minimum absolute atomic E-state index is 0.106. The zero-order chi connectivity index (χ0) is 28.0. The number of carbonyl (C=O) groups is 2. The molecule has 2 aromatic heterocycles. The smallest absolute Gasteiger partial charge is 0.363 e. The maximum atomic E-state index is 13.0. The Labute approximate surface area is 254 Å². The predicted molar refractivity (Wildman–Crippen MR) is 165 cm³/mol. The topological polar surface area (TPSA) is 74.2 Å². The van der Waals surface area contributed by atoms with Crippen LogP contribution in [0.15, 0.2) is 75.8 Å². The summed E-state index contributed by atoms with van der Waals surface area (Å²) in [7, 11) is 0. The quantitative estimate of drug-likeness (QED) is 0.102. The maximum Gasteiger partial charge on any atom is 0.363 e. The van der Waals surface area contributed by atoms with Crippen molar-refractivity contribution in [2.45, 2.75) is 6.92 Å². The highest BCUT2D eigenvalue weighted by molar-refractivity contribution is 9.10. The number of nitrogens with zero attached hydrogens (tertiary/aromatic N) is 1. The van der Waals surface area contributed by atoms with Crippen LogP contribution in [0.2, 0.25) is 10.0 Å². The Morgan fingerprint density at radius 3 is 2.60 bits per heavy atom. The van der Waals surface area contributed by atoms with Crippen LogP contribution in [0.4, 0.5) is 0 Å². The number of halogens is 3. The number of rotatable bonds is 6. The number of esters is 2. The highest BCUT2D eigenvalue weighted by Crippen LogP contribution is 2.40. The van der Waals surface area contributed by atoms with E-state index < -0.39 is 11.9 Å². The van der Waals surface area contributed by atoms with Crippen LogP contribution >= 0.6 is 61.8 Å². The highest BCUT2D eigenvalue weighted by Gasteiger charge is 2.28. The summed E-state index contributed by atoms with van der Waals surface area (Å²) in [6.07, 6.45) is 1.57. The van der Waals surface area contributed by atoms with Gasteiger partial charge in [-0.3, -0.25) is 0 Å². The van der Waals surface area contributed by atoms with E-state index >= 15 is 0 Å². The van der Waals surface area contributed by atoms with Crippen LogP contribution in [-0.2, 0) is 9.53 Å². The van der Waals surface area contributed by atoms with E-state index in [1.54, 1.807) is 24.3 Å². The summed E-state index contributed by atoms with van der Waals surface area (Å²) in [5, 5.41) is 2.47. The van der Waals surface area contributed by atoms with E-state index in [4.69, 9.17) is 37.4 Å². The second kappa shape index (κ2) is 11.0. The summed E-state index contributed by atoms with van der Waals surface area (Å²) >= 11 is 19.1. The Kier molecular flexibility index (Phi) is 7.41. The largest absolute Gasteiger partial charge is 0.490 e. The minimum Gasteiger partial charge on any atom is -0.490 e. The molecule has 6 nitrogen and oxygen atoms in total. The van der Waals surface area contributed by atoms with E-state index in [1.165, 1.54) is 22.7 Å². The lowest BCUT2D eigenvalue weighted by Gasteiger charge is -2.11. The molecule has 5 aromatic rings. The first kappa shape index (κ1) is 27.0. The third-order valence-electron chi connectivity index (χ3n) is 5.90. The summed E-state index contributed by atoms with van der Waals surface area (Å²) in [6, 6.07) is 18.2. The molecule has 0 fully saturated rings. The molecule has 0 saturated carbocycles. The lowest BCUT2D eigenvalue weighted by molar-refractivity contribution is -0.129. The second-order valence-electron chi connectivity index (χ2n) is 8.49. The van der Waals surface area contributed by atoms with Gasteiger partial charge in [0.25, 0.3) is 0 Å². The van der Waals surface area contributed by atoms with Crippen molar-refractivity contribution >= 4 is 106 Å². The van der Waals surface area contributed by atoms with E-state index in [1.807, 2.05) is 49.4 Å². The van der Waals surface area contributed by atoms with Gasteiger partial charge in [0.1, 0.15) is 9.75 Å². The van der Waals surface area contributed by atoms with Crippen molar-refractivity contribution in [2.24, 2.45) is 4.99 Å². The summed E-state index contributed by atoms with van der Waals surface area (Å²) in [4.78, 5) is 30.9. The standard InChI is InChI=1S/C29H16BrCl2NO5S2/c1-2-36-20-12-14(7-10-19(20)37-29(35)26-24(32)16-5-3-4-6-21(16)39-26)11-18-28(34)38-27(33-18)25-23(31)17-9-8-15(30)13-22(17)40-25/h3-13H,2H2,1H3/b18-11+. The second-order valence-corrected chi connectivity index (χ2v) is 12.3. The van der Waals surface area contributed by atoms with Gasteiger partial charge in [0, 0.05) is 24.6 Å². The van der Waals surface area contributed by atoms with Crippen LogP contribution in [0, 0.1) is 0 Å². The van der Waals surface area contributed by atoms with E-state index in [-0.39, 0.29) is 17.3 Å². The molecule has 1 aliphatic heterocycles. The molecule has 0 saturated heterocycles. The van der Waals surface area contributed by atoms with Gasteiger partial charge in [-0.1, -0.05) is 69.5 Å². The maximum absolute atomic E-state index is 13.0. The first-order valence-electron chi connectivity index (χ1n) is 11.9. The fourth-order valence-electron chi connectivity index (χ4n) is 4.10. The molecule has 0 bridgehead atoms. The van der Waals surface area contributed by atoms with Gasteiger partial charge in [-0.25, -0.2) is 14.6 Å². The van der Waals surface area contributed by atoms with E-state index in [2.05, 4.69) is 20.9 Å². The number of hydrogen-bond donors (Lipinski definition) is 0. The molecule has 0 atom stereocenters. The lowest BCUT2D eigenvalue weighted by Crippen LogP contribution is -2.08. The molecular formula is C29H16BrCl2NO5S2. The number of thiophene rings is 2. The van der Waals surface area contributed by atoms with Crippen LogP contribution < -0.4 is 9.47 Å². The Hall–Kier alpha value is -3.21. The number of carbonyl (C=O) groups excluding carboxylic acids is 2. The van der Waals surface area contributed by atoms with Crippen LogP contribution in [0.1, 0.15) is 27.0 Å². The van der Waals surface area contributed by atoms with Crippen LogP contribution in [-0.4, -0.2) is 24.4 Å². The number of benzene rings is 3. The van der Waals surface area contributed by atoms with Crippen LogP contribution in [0.3, 0.4) is 0 Å². The van der Waals surface area contributed by atoms with E-state index in [9.17, 15) is 9.59 Å². The third-order valence-corrected chi connectivity index (χ3v) is 9.69. The first-order valence-corrected chi connectivity index (χ1v) is 15.1. The Bertz CT molecular complexity index is 1910. The molecule has 40 heavy (non-hydrogen) atoms. The van der Waals surface area contributed by atoms with Gasteiger partial charge in [0.05, 0.1) is 16.7 Å². The molecule has 3 aromatic carbocycles. The number of fused-ring (bicyclic) bond motifs is 2. The van der Waals surface area contributed by atoms with Crippen molar-refractivity contribution in [3.63, 3.8) is 0 Å². The van der Waals surface area contributed by atoms with Crippen LogP contribution in [0.5, 0.6) is 11.5 Å². The lowest BCUT2D eigenvalue weighted by atomic mass is 10.1. The molecule has 0 amide bonds. The zero-order valence-corrected chi connectivity index (χ0v) is 25.2. The third kappa shape index (κ3) is 5.04. The minimum atomic E-state index is -0.599. The summed E-state index contributed by atoms with van der Waals surface area (Å²) in [5.41, 5.74) is 0.709. The van der Waals surface area contributed by atoms with Gasteiger partial charge in [-0.05, 0) is 48.9 Å². The van der Waals surface area contributed by atoms with Gasteiger partial charge in [-0.15, -0.1) is 22.7 Å². The van der Waals surface area contributed by atoms with Gasteiger partial charge < -0.3 is 14.2 Å². The van der Waals surface area contributed by atoms with Crippen molar-refractivity contribution in [1.29, 1.82) is 0 Å². The van der Waals surface area contributed by atoms with Gasteiger partial charge in [0.2, 0.25) is 5.90 Å². The van der Waals surface area contributed by atoms with E-state index in [0.29, 0.717) is 37.7 Å². The SMILES string of the molecule is CCOc1cc(/C=C2/N=C(c3sc4cc(Br)ccc4c3Cl)OC2=O)ccc1OC(=O)c1sc2ccccc2c1Cl. The highest BCUT2D eigenvalue weighted by atomic mass is 79.9. The van der Waals surface area contributed by atoms with Crippen molar-refractivity contribution in [3.05, 3.63) is 96.2 Å². The van der Waals surface area contributed by atoms with Crippen molar-refractivity contribution in [2.75, 3.05) is 6.61 Å². The zero-order valence-electron chi connectivity index (χ0n) is 20.5. The van der Waals surface area contributed by atoms with Crippen molar-refractivity contribution in [1.82, 2.24) is 0 Å². The molecule has 0 radical (unpaired) electrons. The van der Waals surface area contributed by atoms with Crippen molar-refractivity contribution in [3.8, 4) is 11.5 Å². The molecule has 0 spiro atoms. The van der Waals surface area contributed by atoms with Gasteiger partial charge >= 0.3 is 11.9 Å². The molecule has 11 heteroatoms. The number of cyclic esters (lactones) is 1. The summed E-state index contributed by atoms with van der Waals surface area (Å²) < 4.78 is 19.6. The average molecular weight is 673 g/mol. The predicted octanol–water partition coefficient (Wildman–Crippen LogP) is 9.15. The fraction of sp³-hybridized carbons (Fsp3) is 0.0690. The molecule has 0 unspecified atom stereocenters. The normalized spacial score (nSPS) is 14.2. The molecule has 0 N–H and O–H groups in total.